The van der Waals surface area contributed by atoms with Gasteiger partial charge in [0.2, 0.25) is 0 Å². The van der Waals surface area contributed by atoms with E-state index in [0.717, 1.165) is 19.5 Å². The van der Waals surface area contributed by atoms with Crippen LogP contribution in [-0.4, -0.2) is 42.1 Å². The molecule has 0 radical (unpaired) electrons. The summed E-state index contributed by atoms with van der Waals surface area (Å²) in [5.41, 5.74) is 0.235. The van der Waals surface area contributed by atoms with Crippen LogP contribution in [-0.2, 0) is 0 Å². The van der Waals surface area contributed by atoms with Gasteiger partial charge in [-0.05, 0) is 44.1 Å². The number of phenols is 1. The second-order valence-corrected chi connectivity index (χ2v) is 5.71. The molecule has 2 rings (SSSR count). The quantitative estimate of drug-likeness (QED) is 0.874. The number of amides is 1. The van der Waals surface area contributed by atoms with E-state index in [2.05, 4.69) is 24.2 Å². The molecule has 104 valence electrons. The number of nitrogens with one attached hydrogen (secondary N) is 1. The Morgan fingerprint density at radius 3 is 2.95 bits per heavy atom. The molecule has 5 heteroatoms. The summed E-state index contributed by atoms with van der Waals surface area (Å²) in [5, 5.41) is 13.1. The minimum Gasteiger partial charge on any atom is -0.507 e. The fourth-order valence-corrected chi connectivity index (χ4v) is 2.68. The van der Waals surface area contributed by atoms with E-state index < -0.39 is 0 Å². The van der Waals surface area contributed by atoms with Crippen molar-refractivity contribution in [3.8, 4) is 5.75 Å². The highest BCUT2D eigenvalue weighted by molar-refractivity contribution is 6.31. The van der Waals surface area contributed by atoms with Crippen molar-refractivity contribution in [2.75, 3.05) is 20.1 Å². The number of hydrogen-bond acceptors (Lipinski definition) is 3. The first kappa shape index (κ1) is 14.2. The third-order valence-electron chi connectivity index (χ3n) is 3.63. The number of benzene rings is 1. The lowest BCUT2D eigenvalue weighted by Crippen LogP contribution is -2.48. The number of aromatic hydroxyl groups is 1. The number of carbonyl (C=O) groups is 1. The van der Waals surface area contributed by atoms with Crippen LogP contribution in [0, 0.1) is 5.92 Å². The molecule has 0 aliphatic carbocycles. The highest BCUT2D eigenvalue weighted by atomic mass is 35.5. The van der Waals surface area contributed by atoms with Crippen LogP contribution in [0.3, 0.4) is 0 Å². The Morgan fingerprint density at radius 2 is 2.26 bits per heavy atom. The molecule has 1 aliphatic heterocycles. The predicted molar refractivity (Wildman–Crippen MR) is 75.6 cm³/mol. The van der Waals surface area contributed by atoms with E-state index in [-0.39, 0.29) is 23.3 Å². The fourth-order valence-electron chi connectivity index (χ4n) is 2.50. The van der Waals surface area contributed by atoms with E-state index in [9.17, 15) is 9.90 Å². The van der Waals surface area contributed by atoms with Crippen molar-refractivity contribution in [2.24, 2.45) is 5.92 Å². The maximum atomic E-state index is 12.2. The Bertz CT molecular complexity index is 479. The smallest absolute Gasteiger partial charge is 0.255 e. The number of halogens is 1. The summed E-state index contributed by atoms with van der Waals surface area (Å²) in [6.45, 7) is 4.06. The van der Waals surface area contributed by atoms with Gasteiger partial charge in [-0.25, -0.2) is 0 Å². The van der Waals surface area contributed by atoms with Crippen molar-refractivity contribution in [3.05, 3.63) is 28.8 Å². The summed E-state index contributed by atoms with van der Waals surface area (Å²) < 4.78 is 0. The molecule has 1 aromatic carbocycles. The summed E-state index contributed by atoms with van der Waals surface area (Å²) in [6.07, 6.45) is 0.921. The summed E-state index contributed by atoms with van der Waals surface area (Å²) in [6, 6.07) is 4.63. The van der Waals surface area contributed by atoms with Gasteiger partial charge < -0.3 is 15.3 Å². The van der Waals surface area contributed by atoms with Crippen LogP contribution in [0.5, 0.6) is 5.75 Å². The van der Waals surface area contributed by atoms with Crippen LogP contribution < -0.4 is 5.32 Å². The average molecular weight is 283 g/mol. The Balaban J connectivity index is 2.06. The monoisotopic (exact) mass is 282 g/mol. The van der Waals surface area contributed by atoms with Crippen molar-refractivity contribution >= 4 is 17.5 Å². The van der Waals surface area contributed by atoms with Gasteiger partial charge in [-0.1, -0.05) is 18.5 Å². The molecule has 2 N–H and O–H groups in total. The lowest BCUT2D eigenvalue weighted by molar-refractivity contribution is 0.0881. The molecule has 0 saturated carbocycles. The highest BCUT2D eigenvalue weighted by Gasteiger charge is 2.26. The van der Waals surface area contributed by atoms with E-state index in [4.69, 9.17) is 11.6 Å². The van der Waals surface area contributed by atoms with Crippen molar-refractivity contribution in [3.63, 3.8) is 0 Å². The number of rotatable bonds is 2. The summed E-state index contributed by atoms with van der Waals surface area (Å²) in [5.74, 6) is 0.0907. The van der Waals surface area contributed by atoms with Crippen LogP contribution >= 0.6 is 11.6 Å². The predicted octanol–water partition coefficient (Wildman–Crippen LogP) is 2.12. The van der Waals surface area contributed by atoms with Gasteiger partial charge in [-0.2, -0.15) is 0 Å². The molecule has 1 heterocycles. The average Bonchev–Trinajstić information content (AvgIpc) is 2.35. The van der Waals surface area contributed by atoms with Crippen LogP contribution in [0.25, 0.3) is 0 Å². The number of nitrogens with zero attached hydrogens (tertiary/aromatic N) is 1. The zero-order valence-electron chi connectivity index (χ0n) is 11.2. The molecule has 1 amide bonds. The molecule has 1 aromatic rings. The maximum Gasteiger partial charge on any atom is 0.255 e. The van der Waals surface area contributed by atoms with Crippen molar-refractivity contribution in [2.45, 2.75) is 19.4 Å². The Morgan fingerprint density at radius 1 is 1.53 bits per heavy atom. The summed E-state index contributed by atoms with van der Waals surface area (Å²) in [7, 11) is 2.08. The standard InChI is InChI=1S/C14H19ClN2O2/c1-9-8-17(2)6-5-12(9)16-14(19)11-7-10(15)3-4-13(11)18/h3-4,7,9,12,18H,5-6,8H2,1-2H3,(H,16,19). The molecule has 4 nitrogen and oxygen atoms in total. The third kappa shape index (κ3) is 3.39. The number of carbonyl (C=O) groups excluding carboxylic acids is 1. The van der Waals surface area contributed by atoms with E-state index in [1.807, 2.05) is 0 Å². The molecule has 2 unspecified atom stereocenters. The molecular weight excluding hydrogens is 264 g/mol. The van der Waals surface area contributed by atoms with Gasteiger partial charge in [-0.15, -0.1) is 0 Å². The molecule has 0 bridgehead atoms. The fraction of sp³-hybridized carbons (Fsp3) is 0.500. The second kappa shape index (κ2) is 5.80. The highest BCUT2D eigenvalue weighted by Crippen LogP contribution is 2.22. The van der Waals surface area contributed by atoms with Crippen LogP contribution in [0.15, 0.2) is 18.2 Å². The van der Waals surface area contributed by atoms with Crippen LogP contribution in [0.2, 0.25) is 5.02 Å². The van der Waals surface area contributed by atoms with Crippen LogP contribution in [0.4, 0.5) is 0 Å². The van der Waals surface area contributed by atoms with Crippen LogP contribution in [0.1, 0.15) is 23.7 Å². The van der Waals surface area contributed by atoms with Crippen molar-refractivity contribution in [1.29, 1.82) is 0 Å². The van der Waals surface area contributed by atoms with E-state index in [0.29, 0.717) is 10.9 Å². The molecule has 1 aliphatic rings. The van der Waals surface area contributed by atoms with Gasteiger partial charge in [0.15, 0.2) is 0 Å². The van der Waals surface area contributed by atoms with Gasteiger partial charge in [0.25, 0.3) is 5.91 Å². The Hall–Kier alpha value is -1.26. The Kier molecular flexibility index (Phi) is 4.32. The molecular formula is C14H19ClN2O2. The number of piperidine rings is 1. The molecule has 2 atom stereocenters. The van der Waals surface area contributed by atoms with E-state index in [1.54, 1.807) is 6.07 Å². The minimum absolute atomic E-state index is 0.0394. The van der Waals surface area contributed by atoms with Gasteiger partial charge in [-0.3, -0.25) is 4.79 Å². The summed E-state index contributed by atoms with van der Waals surface area (Å²) >= 11 is 5.85. The second-order valence-electron chi connectivity index (χ2n) is 5.27. The SMILES string of the molecule is CC1CN(C)CCC1NC(=O)c1cc(Cl)ccc1O. The van der Waals surface area contributed by atoms with Crippen molar-refractivity contribution < 1.29 is 9.90 Å². The molecule has 0 aromatic heterocycles. The number of likely N-dealkylation sites (tertiary alicyclic amines) is 1. The number of hydrogen-bond donors (Lipinski definition) is 2. The maximum absolute atomic E-state index is 12.2. The van der Waals surface area contributed by atoms with E-state index >= 15 is 0 Å². The van der Waals surface area contributed by atoms with Crippen molar-refractivity contribution in [1.82, 2.24) is 10.2 Å². The first-order valence-electron chi connectivity index (χ1n) is 6.45. The first-order valence-corrected chi connectivity index (χ1v) is 6.83. The summed E-state index contributed by atoms with van der Waals surface area (Å²) in [4.78, 5) is 14.4. The Labute approximate surface area is 118 Å². The van der Waals surface area contributed by atoms with Gasteiger partial charge in [0.1, 0.15) is 5.75 Å². The molecule has 1 fully saturated rings. The van der Waals surface area contributed by atoms with Gasteiger partial charge in [0.05, 0.1) is 5.56 Å². The number of phenolic OH excluding ortho intramolecular Hbond substituents is 1. The third-order valence-corrected chi connectivity index (χ3v) is 3.86. The molecule has 0 spiro atoms. The largest absolute Gasteiger partial charge is 0.507 e. The molecule has 1 saturated heterocycles. The molecule has 19 heavy (non-hydrogen) atoms. The minimum atomic E-state index is -0.263. The van der Waals surface area contributed by atoms with Gasteiger partial charge in [0, 0.05) is 17.6 Å². The zero-order valence-corrected chi connectivity index (χ0v) is 11.9. The lowest BCUT2D eigenvalue weighted by Gasteiger charge is -2.35. The lowest BCUT2D eigenvalue weighted by atomic mass is 9.94. The topological polar surface area (TPSA) is 52.6 Å². The van der Waals surface area contributed by atoms with E-state index in [1.165, 1.54) is 12.1 Å². The van der Waals surface area contributed by atoms with Gasteiger partial charge >= 0.3 is 0 Å². The zero-order chi connectivity index (χ0) is 14.0. The first-order chi connectivity index (χ1) is 8.97. The normalized spacial score (nSPS) is 24.2.